The average Bonchev–Trinajstić information content (AvgIpc) is 3.06. The van der Waals surface area contributed by atoms with Gasteiger partial charge in [-0.15, -0.1) is 0 Å². The van der Waals surface area contributed by atoms with Gasteiger partial charge in [0.25, 0.3) is 0 Å². The van der Waals surface area contributed by atoms with E-state index in [-0.39, 0.29) is 43.4 Å². The normalized spacial score (nSPS) is 13.2. The van der Waals surface area contributed by atoms with Crippen LogP contribution in [0.2, 0.25) is 0 Å². The van der Waals surface area contributed by atoms with E-state index in [1.54, 1.807) is 23.9 Å². The Bertz CT molecular complexity index is 903. The molecule has 0 aromatic rings. The second-order valence-corrected chi connectivity index (χ2v) is 15.0. The lowest BCUT2D eigenvalue weighted by Gasteiger charge is -2.21. The molecule has 0 saturated carbocycles. The molecule has 0 aromatic heterocycles. The van der Waals surface area contributed by atoms with E-state index in [0.29, 0.717) is 58.6 Å². The number of aliphatic carboxylic acids is 1. The molecule has 0 aromatic carbocycles. The smallest absolute Gasteiger partial charge is 0.303 e. The molecule has 0 heterocycles. The highest BCUT2D eigenvalue weighted by atomic mass is 16.5. The zero-order valence-corrected chi connectivity index (χ0v) is 33.2. The van der Waals surface area contributed by atoms with E-state index in [4.69, 9.17) is 19.3 Å². The van der Waals surface area contributed by atoms with Crippen LogP contribution < -0.4 is 0 Å². The van der Waals surface area contributed by atoms with Crippen LogP contribution in [-0.4, -0.2) is 124 Å². The van der Waals surface area contributed by atoms with E-state index in [0.717, 1.165) is 30.7 Å². The lowest BCUT2D eigenvalue weighted by atomic mass is 9.91. The van der Waals surface area contributed by atoms with Crippen molar-refractivity contribution in [1.29, 1.82) is 0 Å². The second-order valence-electron chi connectivity index (χ2n) is 15.0. The molecule has 0 spiro atoms. The summed E-state index contributed by atoms with van der Waals surface area (Å²) in [6.45, 7) is 15.5. The fourth-order valence-electron chi connectivity index (χ4n) is 5.67. The van der Waals surface area contributed by atoms with Crippen LogP contribution in [0.25, 0.3) is 0 Å². The highest BCUT2D eigenvalue weighted by molar-refractivity contribution is 5.83. The van der Waals surface area contributed by atoms with Crippen LogP contribution in [0.5, 0.6) is 0 Å². The van der Waals surface area contributed by atoms with E-state index in [9.17, 15) is 19.2 Å². The maximum atomic E-state index is 12.6. The average molecular weight is 714 g/mol. The van der Waals surface area contributed by atoms with Crippen molar-refractivity contribution in [2.75, 3.05) is 80.4 Å². The summed E-state index contributed by atoms with van der Waals surface area (Å²) in [7, 11) is 5.18. The first kappa shape index (κ1) is 47.8. The predicted octanol–water partition coefficient (Wildman–Crippen LogP) is 6.52. The van der Waals surface area contributed by atoms with Gasteiger partial charge in [0.05, 0.1) is 46.1 Å². The number of hydrogen-bond donors (Lipinski definition) is 1. The summed E-state index contributed by atoms with van der Waals surface area (Å²) in [5.41, 5.74) is 0. The van der Waals surface area contributed by atoms with Crippen LogP contribution in [-0.2, 0) is 33.4 Å². The first-order valence-corrected chi connectivity index (χ1v) is 19.4. The summed E-state index contributed by atoms with van der Waals surface area (Å²) in [5, 5.41) is 8.65. The Morgan fingerprint density at radius 3 is 1.16 bits per heavy atom. The van der Waals surface area contributed by atoms with Crippen molar-refractivity contribution in [2.24, 2.45) is 23.7 Å². The van der Waals surface area contributed by atoms with Crippen molar-refractivity contribution in [1.82, 2.24) is 14.7 Å². The van der Waals surface area contributed by atoms with Gasteiger partial charge in [-0.1, -0.05) is 92.4 Å². The molecular formula is C39H75N3O8. The van der Waals surface area contributed by atoms with Gasteiger partial charge in [0.15, 0.2) is 0 Å². The van der Waals surface area contributed by atoms with Crippen molar-refractivity contribution in [3.05, 3.63) is 0 Å². The van der Waals surface area contributed by atoms with Crippen molar-refractivity contribution in [3.63, 3.8) is 0 Å². The molecule has 50 heavy (non-hydrogen) atoms. The fraction of sp³-hybridized carbons (Fsp3) is 0.897. The highest BCUT2D eigenvalue weighted by Gasteiger charge is 2.16. The molecule has 3 amide bonds. The maximum Gasteiger partial charge on any atom is 0.303 e. The van der Waals surface area contributed by atoms with Gasteiger partial charge in [0.2, 0.25) is 17.7 Å². The number of ether oxygens (including phenoxy) is 3. The van der Waals surface area contributed by atoms with Gasteiger partial charge in [0, 0.05) is 60.0 Å². The minimum Gasteiger partial charge on any atom is -0.481 e. The van der Waals surface area contributed by atoms with E-state index in [1.807, 2.05) is 7.05 Å². The zero-order chi connectivity index (χ0) is 37.7. The van der Waals surface area contributed by atoms with Crippen molar-refractivity contribution >= 4 is 23.7 Å². The van der Waals surface area contributed by atoms with Crippen molar-refractivity contribution in [3.8, 4) is 0 Å². The third kappa shape index (κ3) is 28.5. The maximum absolute atomic E-state index is 12.6. The number of hydrogen-bond acceptors (Lipinski definition) is 7. The fourth-order valence-corrected chi connectivity index (χ4v) is 5.67. The molecule has 0 radical (unpaired) electrons. The molecule has 11 nitrogen and oxygen atoms in total. The monoisotopic (exact) mass is 714 g/mol. The first-order chi connectivity index (χ1) is 23.7. The Morgan fingerprint density at radius 1 is 0.460 bits per heavy atom. The summed E-state index contributed by atoms with van der Waals surface area (Å²) in [6, 6.07) is 0. The van der Waals surface area contributed by atoms with Crippen LogP contribution in [0, 0.1) is 23.7 Å². The number of carbonyl (C=O) groups excluding carboxylic acids is 3. The lowest BCUT2D eigenvalue weighted by Crippen LogP contribution is -2.33. The number of carboxylic acids is 1. The molecule has 0 aliphatic carbocycles. The molecule has 294 valence electrons. The summed E-state index contributed by atoms with van der Waals surface area (Å²) < 4.78 is 16.5. The molecule has 0 aliphatic rings. The molecule has 3 unspecified atom stereocenters. The Labute approximate surface area is 305 Å². The van der Waals surface area contributed by atoms with Crippen LogP contribution in [0.3, 0.4) is 0 Å². The van der Waals surface area contributed by atoms with Gasteiger partial charge in [0.1, 0.15) is 0 Å². The number of amides is 3. The SMILES string of the molecule is CC(C)CCCC(C)CCCC(C)CCCC(C)CCN(C)C(=O)CCC(=O)N(C)CCOCCOCCOCCN(C)C(=O)CCC(=O)O. The van der Waals surface area contributed by atoms with E-state index in [2.05, 4.69) is 34.6 Å². The Kier molecular flexibility index (Phi) is 29.0. The molecule has 0 bridgehead atoms. The molecule has 0 fully saturated rings. The Morgan fingerprint density at radius 2 is 0.780 bits per heavy atom. The van der Waals surface area contributed by atoms with E-state index >= 15 is 0 Å². The minimum absolute atomic E-state index is 0.0135. The predicted molar refractivity (Wildman–Crippen MR) is 200 cm³/mol. The molecule has 3 atom stereocenters. The summed E-state index contributed by atoms with van der Waals surface area (Å²) in [4.78, 5) is 52.3. The van der Waals surface area contributed by atoms with Gasteiger partial charge in [-0.3, -0.25) is 19.2 Å². The van der Waals surface area contributed by atoms with Crippen LogP contribution in [0.1, 0.15) is 125 Å². The van der Waals surface area contributed by atoms with Gasteiger partial charge >= 0.3 is 5.97 Å². The third-order valence-electron chi connectivity index (χ3n) is 9.49. The number of likely N-dealkylation sites (N-methyl/N-ethyl adjacent to an activating group) is 2. The minimum atomic E-state index is -0.990. The summed E-state index contributed by atoms with van der Waals surface area (Å²) in [6.07, 6.45) is 13.1. The molecule has 1 N–H and O–H groups in total. The standard InChI is InChI=1S/C39H75N3O8/c1-32(2)12-9-13-33(3)14-10-15-34(4)16-11-17-35(5)22-23-40(6)36(43)18-19-37(44)41(7)24-26-48-28-30-50-31-29-49-27-25-42(8)38(45)20-21-39(46)47/h32-35H,9-31H2,1-8H3,(H,46,47). The van der Waals surface area contributed by atoms with E-state index < -0.39 is 5.97 Å². The number of carboxylic acid groups (broad SMARTS) is 1. The number of nitrogens with zero attached hydrogens (tertiary/aromatic N) is 3. The van der Waals surface area contributed by atoms with Crippen LogP contribution in [0.4, 0.5) is 0 Å². The van der Waals surface area contributed by atoms with Crippen LogP contribution >= 0.6 is 0 Å². The van der Waals surface area contributed by atoms with Crippen LogP contribution in [0.15, 0.2) is 0 Å². The molecule has 0 aliphatic heterocycles. The largest absolute Gasteiger partial charge is 0.481 e. The first-order valence-electron chi connectivity index (χ1n) is 19.4. The summed E-state index contributed by atoms with van der Waals surface area (Å²) in [5.74, 6) is 1.77. The lowest BCUT2D eigenvalue weighted by molar-refractivity contribution is -0.140. The number of rotatable bonds is 33. The Balaban J connectivity index is 3.82. The Hall–Kier alpha value is -2.24. The molecule has 0 rings (SSSR count). The highest BCUT2D eigenvalue weighted by Crippen LogP contribution is 2.23. The molecule has 11 heteroatoms. The summed E-state index contributed by atoms with van der Waals surface area (Å²) >= 11 is 0. The quantitative estimate of drug-likeness (QED) is 0.0763. The molecule has 0 saturated heterocycles. The second kappa shape index (κ2) is 30.4. The van der Waals surface area contributed by atoms with Gasteiger partial charge in [-0.25, -0.2) is 0 Å². The number of carbonyl (C=O) groups is 4. The van der Waals surface area contributed by atoms with Gasteiger partial charge < -0.3 is 34.0 Å². The van der Waals surface area contributed by atoms with E-state index in [1.165, 1.54) is 62.7 Å². The topological polar surface area (TPSA) is 126 Å². The molecular weight excluding hydrogens is 638 g/mol. The van der Waals surface area contributed by atoms with Gasteiger partial charge in [-0.2, -0.15) is 0 Å². The zero-order valence-electron chi connectivity index (χ0n) is 33.2. The third-order valence-corrected chi connectivity index (χ3v) is 9.49. The van der Waals surface area contributed by atoms with Gasteiger partial charge in [-0.05, 0) is 30.1 Å². The van der Waals surface area contributed by atoms with Crippen molar-refractivity contribution in [2.45, 2.75) is 125 Å². The van der Waals surface area contributed by atoms with Crippen molar-refractivity contribution < 1.29 is 38.5 Å².